The zero-order valence-electron chi connectivity index (χ0n) is 15.2. The fourth-order valence-corrected chi connectivity index (χ4v) is 2.88. The summed E-state index contributed by atoms with van der Waals surface area (Å²) in [6.07, 6.45) is 3.18. The van der Waals surface area contributed by atoms with Crippen molar-refractivity contribution in [2.45, 2.75) is 6.54 Å². The van der Waals surface area contributed by atoms with Crippen molar-refractivity contribution in [2.24, 2.45) is 4.99 Å². The van der Waals surface area contributed by atoms with Gasteiger partial charge < -0.3 is 19.5 Å². The van der Waals surface area contributed by atoms with Crippen LogP contribution in [-0.4, -0.2) is 72.3 Å². The lowest BCUT2D eigenvalue weighted by atomic mass is 10.3. The number of nitrogens with zero attached hydrogens (tertiary/aromatic N) is 5. The molecule has 0 spiro atoms. The number of ether oxygens (including phenoxy) is 1. The molecule has 1 aliphatic rings. The van der Waals surface area contributed by atoms with Crippen LogP contribution in [0.2, 0.25) is 5.02 Å². The first-order chi connectivity index (χ1) is 12.7. The van der Waals surface area contributed by atoms with E-state index in [4.69, 9.17) is 20.9 Å². The Labute approximate surface area is 180 Å². The molecular formula is C17H24ClIN6O2. The van der Waals surface area contributed by atoms with Gasteiger partial charge in [-0.05, 0) is 6.07 Å². The zero-order chi connectivity index (χ0) is 18.2. The maximum Gasteiger partial charge on any atom is 0.213 e. The molecule has 27 heavy (non-hydrogen) atoms. The van der Waals surface area contributed by atoms with Crippen LogP contribution in [0.5, 0.6) is 5.88 Å². The fourth-order valence-electron chi connectivity index (χ4n) is 2.76. The van der Waals surface area contributed by atoms with Gasteiger partial charge in [-0.3, -0.25) is 9.89 Å². The molecule has 0 amide bonds. The normalized spacial score (nSPS) is 15.3. The van der Waals surface area contributed by atoms with Gasteiger partial charge >= 0.3 is 0 Å². The molecular weight excluding hydrogens is 483 g/mol. The summed E-state index contributed by atoms with van der Waals surface area (Å²) < 4.78 is 10.5. The SMILES string of the molecule is CN=C(NCCOc1ccc(Cl)cn1)N1CCN(Cc2ccon2)CC1.I. The van der Waals surface area contributed by atoms with Crippen molar-refractivity contribution in [1.82, 2.24) is 25.3 Å². The molecule has 1 N–H and O–H groups in total. The summed E-state index contributed by atoms with van der Waals surface area (Å²) in [6.45, 7) is 5.71. The molecule has 0 bridgehead atoms. The Morgan fingerprint density at radius 1 is 1.30 bits per heavy atom. The van der Waals surface area contributed by atoms with E-state index < -0.39 is 0 Å². The summed E-state index contributed by atoms with van der Waals surface area (Å²) in [5.41, 5.74) is 0.967. The minimum Gasteiger partial charge on any atom is -0.476 e. The van der Waals surface area contributed by atoms with Crippen molar-refractivity contribution in [2.75, 3.05) is 46.4 Å². The molecule has 148 valence electrons. The topological polar surface area (TPSA) is 79.0 Å². The van der Waals surface area contributed by atoms with Crippen LogP contribution in [-0.2, 0) is 6.54 Å². The van der Waals surface area contributed by atoms with E-state index in [0.29, 0.717) is 24.1 Å². The van der Waals surface area contributed by atoms with Crippen LogP contribution in [0, 0.1) is 0 Å². The third kappa shape index (κ3) is 6.82. The smallest absolute Gasteiger partial charge is 0.213 e. The molecule has 0 unspecified atom stereocenters. The van der Waals surface area contributed by atoms with Crippen molar-refractivity contribution in [3.8, 4) is 5.88 Å². The predicted molar refractivity (Wildman–Crippen MR) is 115 cm³/mol. The Bertz CT molecular complexity index is 690. The third-order valence-corrected chi connectivity index (χ3v) is 4.32. The van der Waals surface area contributed by atoms with E-state index in [1.54, 1.807) is 31.6 Å². The number of guanidine groups is 1. The molecule has 1 fully saturated rings. The molecule has 0 atom stereocenters. The number of nitrogens with one attached hydrogen (secondary N) is 1. The molecule has 3 heterocycles. The highest BCUT2D eigenvalue weighted by atomic mass is 127. The van der Waals surface area contributed by atoms with Crippen molar-refractivity contribution >= 4 is 41.5 Å². The Hall–Kier alpha value is -1.59. The summed E-state index contributed by atoms with van der Waals surface area (Å²) in [7, 11) is 1.80. The molecule has 0 aliphatic carbocycles. The van der Waals surface area contributed by atoms with Gasteiger partial charge in [0.05, 0.1) is 17.3 Å². The average Bonchev–Trinajstić information content (AvgIpc) is 3.17. The second-order valence-electron chi connectivity index (χ2n) is 5.89. The molecule has 1 saturated heterocycles. The highest BCUT2D eigenvalue weighted by Gasteiger charge is 2.20. The standard InChI is InChI=1S/C17H23ClN6O2.HI/c1-19-17(20-5-11-25-16-3-2-14(18)12-21-16)24-8-6-23(7-9-24)13-15-4-10-26-22-15;/h2-4,10,12H,5-9,11,13H2,1H3,(H,19,20);1H. The van der Waals surface area contributed by atoms with Crippen LogP contribution in [0.25, 0.3) is 0 Å². The van der Waals surface area contributed by atoms with Crippen molar-refractivity contribution in [1.29, 1.82) is 0 Å². The summed E-state index contributed by atoms with van der Waals surface area (Å²) in [5.74, 6) is 1.45. The Kier molecular flexibility index (Phi) is 9.08. The molecule has 8 nitrogen and oxygen atoms in total. The van der Waals surface area contributed by atoms with Crippen LogP contribution in [0.1, 0.15) is 5.69 Å². The largest absolute Gasteiger partial charge is 0.476 e. The quantitative estimate of drug-likeness (QED) is 0.278. The van der Waals surface area contributed by atoms with Crippen LogP contribution in [0.3, 0.4) is 0 Å². The number of hydrogen-bond donors (Lipinski definition) is 1. The molecule has 10 heteroatoms. The van der Waals surface area contributed by atoms with Gasteiger partial charge in [0.1, 0.15) is 12.9 Å². The van der Waals surface area contributed by atoms with Crippen LogP contribution < -0.4 is 10.1 Å². The maximum atomic E-state index is 5.81. The van der Waals surface area contributed by atoms with Gasteiger partial charge in [-0.2, -0.15) is 0 Å². The summed E-state index contributed by atoms with van der Waals surface area (Å²) >= 11 is 5.81. The second kappa shape index (κ2) is 11.3. The maximum absolute atomic E-state index is 5.81. The highest BCUT2D eigenvalue weighted by Crippen LogP contribution is 2.11. The minimum atomic E-state index is 0. The van der Waals surface area contributed by atoms with Gasteiger partial charge in [0, 0.05) is 58.1 Å². The highest BCUT2D eigenvalue weighted by molar-refractivity contribution is 14.0. The zero-order valence-corrected chi connectivity index (χ0v) is 18.3. The number of aromatic nitrogens is 2. The van der Waals surface area contributed by atoms with Gasteiger partial charge in [-0.15, -0.1) is 24.0 Å². The van der Waals surface area contributed by atoms with Gasteiger partial charge in [-0.1, -0.05) is 16.8 Å². The van der Waals surface area contributed by atoms with E-state index in [1.165, 1.54) is 0 Å². The van der Waals surface area contributed by atoms with Crippen molar-refractivity contribution in [3.63, 3.8) is 0 Å². The van der Waals surface area contributed by atoms with E-state index in [9.17, 15) is 0 Å². The molecule has 0 radical (unpaired) electrons. The van der Waals surface area contributed by atoms with Gasteiger partial charge in [0.25, 0.3) is 0 Å². The van der Waals surface area contributed by atoms with Gasteiger partial charge in [0.2, 0.25) is 5.88 Å². The Morgan fingerprint density at radius 2 is 2.11 bits per heavy atom. The van der Waals surface area contributed by atoms with Crippen molar-refractivity contribution in [3.05, 3.63) is 41.4 Å². The molecule has 2 aromatic rings. The predicted octanol–water partition coefficient (Wildman–Crippen LogP) is 2.11. The number of hydrogen-bond acceptors (Lipinski definition) is 6. The summed E-state index contributed by atoms with van der Waals surface area (Å²) in [6, 6.07) is 5.42. The fraction of sp³-hybridized carbons (Fsp3) is 0.471. The number of pyridine rings is 1. The first kappa shape index (κ1) is 21.7. The lowest BCUT2D eigenvalue weighted by Crippen LogP contribution is -2.52. The average molecular weight is 507 g/mol. The van der Waals surface area contributed by atoms with Gasteiger partial charge in [-0.25, -0.2) is 4.98 Å². The van der Waals surface area contributed by atoms with E-state index in [2.05, 4.69) is 30.2 Å². The molecule has 0 saturated carbocycles. The van der Waals surface area contributed by atoms with Crippen LogP contribution >= 0.6 is 35.6 Å². The van der Waals surface area contributed by atoms with Crippen LogP contribution in [0.15, 0.2) is 40.2 Å². The first-order valence-electron chi connectivity index (χ1n) is 8.56. The van der Waals surface area contributed by atoms with Gasteiger partial charge in [0.15, 0.2) is 5.96 Å². The van der Waals surface area contributed by atoms with Crippen LogP contribution in [0.4, 0.5) is 0 Å². The molecule has 1 aliphatic heterocycles. The minimum absolute atomic E-state index is 0. The number of halogens is 2. The third-order valence-electron chi connectivity index (χ3n) is 4.10. The number of piperazine rings is 1. The van der Waals surface area contributed by atoms with E-state index in [0.717, 1.165) is 44.4 Å². The first-order valence-corrected chi connectivity index (χ1v) is 8.94. The number of aliphatic imine (C=N–C) groups is 1. The Morgan fingerprint density at radius 3 is 2.74 bits per heavy atom. The molecule has 0 aromatic carbocycles. The molecule has 2 aromatic heterocycles. The Balaban J connectivity index is 0.00000261. The van der Waals surface area contributed by atoms with E-state index in [1.807, 2.05) is 6.07 Å². The lowest BCUT2D eigenvalue weighted by Gasteiger charge is -2.36. The van der Waals surface area contributed by atoms with E-state index >= 15 is 0 Å². The van der Waals surface area contributed by atoms with E-state index in [-0.39, 0.29) is 24.0 Å². The number of rotatable bonds is 6. The summed E-state index contributed by atoms with van der Waals surface area (Å²) in [4.78, 5) is 13.1. The van der Waals surface area contributed by atoms with Crippen molar-refractivity contribution < 1.29 is 9.26 Å². The monoisotopic (exact) mass is 506 g/mol. The lowest BCUT2D eigenvalue weighted by molar-refractivity contribution is 0.168. The molecule has 3 rings (SSSR count). The second-order valence-corrected chi connectivity index (χ2v) is 6.33. The summed E-state index contributed by atoms with van der Waals surface area (Å²) in [5, 5.41) is 7.90.